The van der Waals surface area contributed by atoms with E-state index in [0.717, 1.165) is 75.3 Å². The minimum absolute atomic E-state index is 0.0873. The molecule has 4 atom stereocenters. The van der Waals surface area contributed by atoms with Crippen LogP contribution in [0.1, 0.15) is 101 Å². The van der Waals surface area contributed by atoms with Gasteiger partial charge >= 0.3 is 5.97 Å². The zero-order valence-electron chi connectivity index (χ0n) is 26.3. The number of carboxylic acids is 1. The molecule has 0 radical (unpaired) electrons. The maximum Gasteiger partial charge on any atom is 0.306 e. The standard InChI is InChI=1S/C37H44ClFN2O4/c1-3-23-7-6-10-30(29-9-5-4-8-28(23)29)35(43)40-33-19-32(39)25(16-31(33)38)17-34(42)41-21-22(2)15-27(41)18-26-20-37(26)13-11-24(12-14-37)36(44)45/h4-5,8-10,16,19,22-24,26-27H,3,6-7,11-15,17-18,20-21H2,1-2H3,(H,40,43)(H,44,45)/t22-,23+,24?,26?,27-,37?/m0/s1. The number of aliphatic carboxylic acids is 1. The van der Waals surface area contributed by atoms with Crippen molar-refractivity contribution in [3.05, 3.63) is 70.0 Å². The number of allylic oxidation sites excluding steroid dienone is 1. The molecule has 6 rings (SSSR count). The van der Waals surface area contributed by atoms with Crippen molar-refractivity contribution in [1.82, 2.24) is 4.90 Å². The predicted octanol–water partition coefficient (Wildman–Crippen LogP) is 8.24. The normalized spacial score (nSPS) is 29.1. The molecule has 1 unspecified atom stereocenters. The van der Waals surface area contributed by atoms with Gasteiger partial charge in [-0.25, -0.2) is 4.39 Å². The van der Waals surface area contributed by atoms with Gasteiger partial charge in [-0.15, -0.1) is 0 Å². The number of amides is 2. The number of carbonyl (C=O) groups excluding carboxylic acids is 2. The average molecular weight is 635 g/mol. The summed E-state index contributed by atoms with van der Waals surface area (Å²) in [5.74, 6) is -0.624. The van der Waals surface area contributed by atoms with Crippen LogP contribution in [0, 0.1) is 29.0 Å². The molecule has 1 spiro atoms. The summed E-state index contributed by atoms with van der Waals surface area (Å²) in [4.78, 5) is 40.3. The van der Waals surface area contributed by atoms with Crippen molar-refractivity contribution in [3.8, 4) is 0 Å². The second kappa shape index (κ2) is 12.9. The van der Waals surface area contributed by atoms with E-state index in [9.17, 15) is 19.5 Å². The fourth-order valence-corrected chi connectivity index (χ4v) is 8.76. The Morgan fingerprint density at radius 3 is 2.62 bits per heavy atom. The van der Waals surface area contributed by atoms with E-state index in [1.807, 2.05) is 29.2 Å². The van der Waals surface area contributed by atoms with Gasteiger partial charge < -0.3 is 15.3 Å². The van der Waals surface area contributed by atoms with Crippen molar-refractivity contribution in [3.63, 3.8) is 0 Å². The van der Waals surface area contributed by atoms with Crippen molar-refractivity contribution < 1.29 is 23.9 Å². The summed E-state index contributed by atoms with van der Waals surface area (Å²) < 4.78 is 15.5. The minimum atomic E-state index is -0.681. The zero-order chi connectivity index (χ0) is 31.9. The molecular weight excluding hydrogens is 591 g/mol. The molecule has 0 bridgehead atoms. The first-order valence-electron chi connectivity index (χ1n) is 16.7. The number of likely N-dealkylation sites (tertiary alicyclic amines) is 1. The number of halogens is 2. The van der Waals surface area contributed by atoms with Crippen LogP contribution < -0.4 is 5.32 Å². The molecule has 3 aliphatic carbocycles. The van der Waals surface area contributed by atoms with E-state index in [4.69, 9.17) is 11.6 Å². The van der Waals surface area contributed by atoms with Crippen LogP contribution in [0.3, 0.4) is 0 Å². The molecule has 2 aromatic carbocycles. The van der Waals surface area contributed by atoms with Gasteiger partial charge in [-0.2, -0.15) is 0 Å². The summed E-state index contributed by atoms with van der Waals surface area (Å²) in [6.45, 7) is 4.97. The fraction of sp³-hybridized carbons (Fsp3) is 0.541. The van der Waals surface area contributed by atoms with Gasteiger partial charge in [0.25, 0.3) is 5.91 Å². The van der Waals surface area contributed by atoms with Gasteiger partial charge in [-0.1, -0.05) is 55.8 Å². The van der Waals surface area contributed by atoms with Crippen LogP contribution in [-0.4, -0.2) is 40.4 Å². The number of nitrogens with one attached hydrogen (secondary N) is 1. The molecule has 2 N–H and O–H groups in total. The Bertz CT molecular complexity index is 1510. The quantitative estimate of drug-likeness (QED) is 0.306. The van der Waals surface area contributed by atoms with Gasteiger partial charge in [0.15, 0.2) is 0 Å². The van der Waals surface area contributed by atoms with E-state index >= 15 is 4.39 Å². The number of fused-ring (bicyclic) bond motifs is 1. The maximum absolute atomic E-state index is 15.5. The molecule has 240 valence electrons. The van der Waals surface area contributed by atoms with Crippen LogP contribution >= 0.6 is 11.6 Å². The van der Waals surface area contributed by atoms with Crippen LogP contribution in [0.2, 0.25) is 5.02 Å². The molecule has 1 saturated heterocycles. The lowest BCUT2D eigenvalue weighted by Gasteiger charge is -2.29. The molecule has 2 saturated carbocycles. The highest BCUT2D eigenvalue weighted by Gasteiger charge is 2.56. The Labute approximate surface area is 270 Å². The monoisotopic (exact) mass is 634 g/mol. The van der Waals surface area contributed by atoms with Crippen molar-refractivity contribution >= 4 is 40.6 Å². The molecule has 45 heavy (non-hydrogen) atoms. The Kier molecular flexibility index (Phi) is 9.11. The smallest absolute Gasteiger partial charge is 0.306 e. The second-order valence-corrected chi connectivity index (χ2v) is 14.5. The third-order valence-corrected chi connectivity index (χ3v) is 11.5. The van der Waals surface area contributed by atoms with Crippen LogP contribution in [0.15, 0.2) is 42.5 Å². The van der Waals surface area contributed by atoms with Gasteiger partial charge in [0.1, 0.15) is 5.82 Å². The molecule has 4 aliphatic rings. The first-order chi connectivity index (χ1) is 21.6. The van der Waals surface area contributed by atoms with Gasteiger partial charge in [0, 0.05) is 18.2 Å². The Hall–Kier alpha value is -3.19. The number of anilines is 1. The van der Waals surface area contributed by atoms with Crippen molar-refractivity contribution in [2.45, 2.75) is 96.4 Å². The molecule has 2 aromatic rings. The lowest BCUT2D eigenvalue weighted by atomic mass is 9.77. The first kappa shape index (κ1) is 31.8. The van der Waals surface area contributed by atoms with Crippen molar-refractivity contribution in [1.29, 1.82) is 0 Å². The molecule has 0 aromatic heterocycles. The van der Waals surface area contributed by atoms with Crippen molar-refractivity contribution in [2.75, 3.05) is 11.9 Å². The third kappa shape index (κ3) is 6.56. The maximum atomic E-state index is 15.5. The highest BCUT2D eigenvalue weighted by atomic mass is 35.5. The minimum Gasteiger partial charge on any atom is -0.481 e. The van der Waals surface area contributed by atoms with E-state index in [1.54, 1.807) is 0 Å². The number of hydrogen-bond acceptors (Lipinski definition) is 3. The Morgan fingerprint density at radius 1 is 1.13 bits per heavy atom. The highest BCUT2D eigenvalue weighted by molar-refractivity contribution is 6.35. The molecule has 1 aliphatic heterocycles. The number of rotatable bonds is 8. The van der Waals surface area contributed by atoms with Crippen LogP contribution in [0.25, 0.3) is 5.57 Å². The van der Waals surface area contributed by atoms with Gasteiger partial charge in [-0.3, -0.25) is 14.4 Å². The lowest BCUT2D eigenvalue weighted by Crippen LogP contribution is -2.37. The summed E-state index contributed by atoms with van der Waals surface area (Å²) >= 11 is 6.58. The molecule has 6 nitrogen and oxygen atoms in total. The van der Waals surface area contributed by atoms with Crippen LogP contribution in [-0.2, 0) is 20.8 Å². The second-order valence-electron chi connectivity index (χ2n) is 14.1. The van der Waals surface area contributed by atoms with Crippen LogP contribution in [0.5, 0.6) is 0 Å². The third-order valence-electron chi connectivity index (χ3n) is 11.2. The van der Waals surface area contributed by atoms with Gasteiger partial charge in [-0.05, 0) is 116 Å². The van der Waals surface area contributed by atoms with E-state index in [1.165, 1.54) is 12.1 Å². The largest absolute Gasteiger partial charge is 0.481 e. The fourth-order valence-electron chi connectivity index (χ4n) is 8.53. The Balaban J connectivity index is 1.10. The van der Waals surface area contributed by atoms with Gasteiger partial charge in [0.05, 0.1) is 23.0 Å². The Morgan fingerprint density at radius 2 is 1.89 bits per heavy atom. The molecule has 2 amide bonds. The molecule has 3 fully saturated rings. The topological polar surface area (TPSA) is 86.7 Å². The van der Waals surface area contributed by atoms with E-state index < -0.39 is 11.8 Å². The van der Waals surface area contributed by atoms with E-state index in [-0.39, 0.29) is 51.9 Å². The van der Waals surface area contributed by atoms with Gasteiger partial charge in [0.2, 0.25) is 5.91 Å². The lowest BCUT2D eigenvalue weighted by molar-refractivity contribution is -0.143. The highest BCUT2D eigenvalue weighted by Crippen LogP contribution is 2.64. The SMILES string of the molecule is CC[C@@H]1CCC=C(C(=O)Nc2cc(F)c(CC(=O)N3C[C@@H](C)C[C@H]3CC3CC34CCC(C(=O)O)CC4)cc2Cl)c2ccccc21. The summed E-state index contributed by atoms with van der Waals surface area (Å²) in [6, 6.07) is 10.8. The van der Waals surface area contributed by atoms with E-state index in [2.05, 4.69) is 25.2 Å². The van der Waals surface area contributed by atoms with E-state index in [0.29, 0.717) is 29.9 Å². The molecular formula is C37H44ClFN2O4. The predicted molar refractivity (Wildman–Crippen MR) is 174 cm³/mol. The number of benzene rings is 2. The molecule has 8 heteroatoms. The number of carbonyl (C=O) groups is 3. The van der Waals surface area contributed by atoms with Crippen molar-refractivity contribution in [2.24, 2.45) is 23.2 Å². The summed E-state index contributed by atoms with van der Waals surface area (Å²) in [7, 11) is 0. The number of carboxylic acid groups (broad SMARTS) is 1. The number of hydrogen-bond donors (Lipinski definition) is 2. The van der Waals surface area contributed by atoms with Crippen LogP contribution in [0.4, 0.5) is 10.1 Å². The average Bonchev–Trinajstić information content (AvgIpc) is 3.59. The number of nitrogens with zero attached hydrogens (tertiary/aromatic N) is 1. The zero-order valence-corrected chi connectivity index (χ0v) is 27.0. The molecule has 1 heterocycles. The summed E-state index contributed by atoms with van der Waals surface area (Å²) in [5.41, 5.74) is 3.28. The first-order valence-corrected chi connectivity index (χ1v) is 17.1. The summed E-state index contributed by atoms with van der Waals surface area (Å²) in [5, 5.41) is 12.4. The summed E-state index contributed by atoms with van der Waals surface area (Å²) in [6.07, 6.45) is 11.0.